The molecule has 1 amide bonds. The predicted molar refractivity (Wildman–Crippen MR) is 51.8 cm³/mol. The van der Waals surface area contributed by atoms with Gasteiger partial charge in [0.05, 0.1) is 17.8 Å². The van der Waals surface area contributed by atoms with Crippen LogP contribution in [0.1, 0.15) is 24.2 Å². The van der Waals surface area contributed by atoms with E-state index < -0.39 is 17.8 Å². The minimum absolute atomic E-state index is 0.113. The van der Waals surface area contributed by atoms with Crippen LogP contribution in [-0.4, -0.2) is 22.7 Å². The van der Waals surface area contributed by atoms with Crippen molar-refractivity contribution in [3.8, 4) is 0 Å². The van der Waals surface area contributed by atoms with E-state index in [-0.39, 0.29) is 11.3 Å². The van der Waals surface area contributed by atoms with Gasteiger partial charge in [-0.25, -0.2) is 4.39 Å². The molecule has 80 valence electrons. The molecule has 0 saturated carbocycles. The van der Waals surface area contributed by atoms with E-state index in [4.69, 9.17) is 0 Å². The number of amides is 1. The average Bonchev–Trinajstić information content (AvgIpc) is 2.18. The quantitative estimate of drug-likeness (QED) is 0.807. The van der Waals surface area contributed by atoms with Gasteiger partial charge in [0.2, 0.25) is 0 Å². The highest BCUT2D eigenvalue weighted by molar-refractivity contribution is 5.97. The number of halogens is 1. The number of Topliss-reactive ketones (excluding diaryl/α,β-unsaturated/α-hetero) is 1. The van der Waals surface area contributed by atoms with Crippen molar-refractivity contribution in [2.24, 2.45) is 0 Å². The number of carbonyl (C=O) groups is 2. The molecular formula is C10H11FN2O2. The average molecular weight is 210 g/mol. The van der Waals surface area contributed by atoms with Gasteiger partial charge in [-0.1, -0.05) is 0 Å². The zero-order chi connectivity index (χ0) is 11.4. The molecule has 0 saturated heterocycles. The SMILES string of the molecule is CC(=O)C(C)NC(=O)c1ccncc1F. The fraction of sp³-hybridized carbons (Fsp3) is 0.300. The molecule has 1 N–H and O–H groups in total. The Bertz CT molecular complexity index is 393. The van der Waals surface area contributed by atoms with Crippen molar-refractivity contribution in [2.45, 2.75) is 19.9 Å². The van der Waals surface area contributed by atoms with Crippen LogP contribution in [0.3, 0.4) is 0 Å². The number of hydrogen-bond donors (Lipinski definition) is 1. The number of carbonyl (C=O) groups excluding carboxylic acids is 2. The summed E-state index contributed by atoms with van der Waals surface area (Å²) in [6.45, 7) is 2.90. The van der Waals surface area contributed by atoms with Crippen LogP contribution in [0.15, 0.2) is 18.5 Å². The zero-order valence-corrected chi connectivity index (χ0v) is 8.45. The Balaban J connectivity index is 2.78. The molecule has 1 atom stereocenters. The van der Waals surface area contributed by atoms with Crippen LogP contribution in [0.25, 0.3) is 0 Å². The third-order valence-electron chi connectivity index (χ3n) is 1.97. The molecule has 1 unspecified atom stereocenters. The fourth-order valence-corrected chi connectivity index (χ4v) is 0.935. The Kier molecular flexibility index (Phi) is 3.49. The second kappa shape index (κ2) is 4.63. The summed E-state index contributed by atoms with van der Waals surface area (Å²) in [6, 6.07) is 0.641. The molecule has 0 aliphatic carbocycles. The number of aromatic nitrogens is 1. The van der Waals surface area contributed by atoms with E-state index in [1.54, 1.807) is 6.92 Å². The highest BCUT2D eigenvalue weighted by Crippen LogP contribution is 2.04. The molecule has 0 fully saturated rings. The highest BCUT2D eigenvalue weighted by atomic mass is 19.1. The van der Waals surface area contributed by atoms with Crippen LogP contribution in [0.2, 0.25) is 0 Å². The summed E-state index contributed by atoms with van der Waals surface area (Å²) in [5.74, 6) is -1.50. The van der Waals surface area contributed by atoms with Crippen LogP contribution < -0.4 is 5.32 Å². The van der Waals surface area contributed by atoms with Crippen molar-refractivity contribution in [2.75, 3.05) is 0 Å². The van der Waals surface area contributed by atoms with Gasteiger partial charge in [0, 0.05) is 6.20 Å². The third-order valence-corrected chi connectivity index (χ3v) is 1.97. The zero-order valence-electron chi connectivity index (χ0n) is 8.45. The molecule has 0 aliphatic heterocycles. The molecule has 5 heteroatoms. The number of pyridine rings is 1. The standard InChI is InChI=1S/C10H11FN2O2/c1-6(7(2)14)13-10(15)8-3-4-12-5-9(8)11/h3-6H,1-2H3,(H,13,15). The third kappa shape index (κ3) is 2.83. The van der Waals surface area contributed by atoms with Crippen LogP contribution >= 0.6 is 0 Å². The second-order valence-corrected chi connectivity index (χ2v) is 3.16. The maximum atomic E-state index is 13.1. The van der Waals surface area contributed by atoms with E-state index in [2.05, 4.69) is 10.3 Å². The van der Waals surface area contributed by atoms with Crippen molar-refractivity contribution >= 4 is 11.7 Å². The first kappa shape index (κ1) is 11.3. The summed E-state index contributed by atoms with van der Waals surface area (Å²) in [5, 5.41) is 2.38. The maximum absolute atomic E-state index is 13.1. The Morgan fingerprint density at radius 3 is 2.73 bits per heavy atom. The normalized spacial score (nSPS) is 11.9. The van der Waals surface area contributed by atoms with Gasteiger partial charge in [0.25, 0.3) is 5.91 Å². The maximum Gasteiger partial charge on any atom is 0.254 e. The van der Waals surface area contributed by atoms with Gasteiger partial charge >= 0.3 is 0 Å². The number of rotatable bonds is 3. The van der Waals surface area contributed by atoms with Crippen molar-refractivity contribution in [3.63, 3.8) is 0 Å². The molecule has 4 nitrogen and oxygen atoms in total. The van der Waals surface area contributed by atoms with E-state index >= 15 is 0 Å². The molecule has 0 bridgehead atoms. The van der Waals surface area contributed by atoms with Crippen LogP contribution in [0.4, 0.5) is 4.39 Å². The molecule has 1 aromatic rings. The summed E-state index contributed by atoms with van der Waals surface area (Å²) >= 11 is 0. The van der Waals surface area contributed by atoms with Crippen LogP contribution in [0, 0.1) is 5.82 Å². The smallest absolute Gasteiger partial charge is 0.254 e. The Hall–Kier alpha value is -1.78. The lowest BCUT2D eigenvalue weighted by molar-refractivity contribution is -0.118. The summed E-state index contributed by atoms with van der Waals surface area (Å²) in [5.41, 5.74) is -0.113. The predicted octanol–water partition coefficient (Wildman–Crippen LogP) is 0.928. The fourth-order valence-electron chi connectivity index (χ4n) is 0.935. The first-order valence-corrected chi connectivity index (χ1v) is 4.43. The topological polar surface area (TPSA) is 59.1 Å². The summed E-state index contributed by atoms with van der Waals surface area (Å²) in [4.78, 5) is 25.8. The lowest BCUT2D eigenvalue weighted by Crippen LogP contribution is -2.37. The Morgan fingerprint density at radius 2 is 2.20 bits per heavy atom. The lowest BCUT2D eigenvalue weighted by Gasteiger charge is -2.10. The van der Waals surface area contributed by atoms with Gasteiger partial charge in [0.15, 0.2) is 11.6 Å². The molecule has 0 spiro atoms. The molecule has 1 heterocycles. The van der Waals surface area contributed by atoms with E-state index in [0.29, 0.717) is 0 Å². The first-order chi connectivity index (χ1) is 7.02. The molecule has 1 aromatic heterocycles. The summed E-state index contributed by atoms with van der Waals surface area (Å²) in [6.07, 6.45) is 2.27. The first-order valence-electron chi connectivity index (χ1n) is 4.43. The van der Waals surface area contributed by atoms with Gasteiger partial charge < -0.3 is 5.32 Å². The van der Waals surface area contributed by atoms with Crippen molar-refractivity contribution in [3.05, 3.63) is 29.8 Å². The van der Waals surface area contributed by atoms with E-state index in [0.717, 1.165) is 6.20 Å². The van der Waals surface area contributed by atoms with Crippen molar-refractivity contribution < 1.29 is 14.0 Å². The minimum atomic E-state index is -0.703. The Labute approximate surface area is 86.5 Å². The number of nitrogens with one attached hydrogen (secondary N) is 1. The monoisotopic (exact) mass is 210 g/mol. The molecule has 0 aromatic carbocycles. The Morgan fingerprint density at radius 1 is 1.53 bits per heavy atom. The lowest BCUT2D eigenvalue weighted by atomic mass is 10.2. The van der Waals surface area contributed by atoms with Gasteiger partial charge in [-0.2, -0.15) is 0 Å². The molecular weight excluding hydrogens is 199 g/mol. The van der Waals surface area contributed by atoms with Crippen molar-refractivity contribution in [1.29, 1.82) is 0 Å². The van der Waals surface area contributed by atoms with Gasteiger partial charge in [-0.15, -0.1) is 0 Å². The van der Waals surface area contributed by atoms with E-state index in [1.807, 2.05) is 0 Å². The number of ketones is 1. The highest BCUT2D eigenvalue weighted by Gasteiger charge is 2.15. The van der Waals surface area contributed by atoms with Crippen molar-refractivity contribution in [1.82, 2.24) is 10.3 Å². The van der Waals surface area contributed by atoms with Gasteiger partial charge in [0.1, 0.15) is 0 Å². The summed E-state index contributed by atoms with van der Waals surface area (Å²) in [7, 11) is 0. The molecule has 15 heavy (non-hydrogen) atoms. The largest absolute Gasteiger partial charge is 0.342 e. The molecule has 0 aliphatic rings. The minimum Gasteiger partial charge on any atom is -0.342 e. The van der Waals surface area contributed by atoms with E-state index in [1.165, 1.54) is 19.2 Å². The number of hydrogen-bond acceptors (Lipinski definition) is 3. The summed E-state index contributed by atoms with van der Waals surface area (Å²) < 4.78 is 13.1. The van der Waals surface area contributed by atoms with Gasteiger partial charge in [-0.3, -0.25) is 14.6 Å². The van der Waals surface area contributed by atoms with Crippen LogP contribution in [0.5, 0.6) is 0 Å². The second-order valence-electron chi connectivity index (χ2n) is 3.16. The molecule has 0 radical (unpaired) electrons. The van der Waals surface area contributed by atoms with Crippen LogP contribution in [-0.2, 0) is 4.79 Å². The van der Waals surface area contributed by atoms with Gasteiger partial charge in [-0.05, 0) is 19.9 Å². The van der Waals surface area contributed by atoms with E-state index in [9.17, 15) is 14.0 Å². The number of nitrogens with zero attached hydrogens (tertiary/aromatic N) is 1. The molecule has 1 rings (SSSR count).